The fourth-order valence-corrected chi connectivity index (χ4v) is 4.32. The van der Waals surface area contributed by atoms with E-state index in [1.54, 1.807) is 11.0 Å². The molecule has 0 amide bonds. The number of nitro groups is 1. The molecule has 0 saturated carbocycles. The van der Waals surface area contributed by atoms with Crippen molar-refractivity contribution in [1.82, 2.24) is 0 Å². The van der Waals surface area contributed by atoms with Gasteiger partial charge in [-0.15, -0.1) is 0 Å². The first-order valence-electron chi connectivity index (χ1n) is 9.61. The summed E-state index contributed by atoms with van der Waals surface area (Å²) in [5, 5.41) is 16.0. The minimum Gasteiger partial charge on any atom is -0.360 e. The van der Waals surface area contributed by atoms with E-state index in [-0.39, 0.29) is 10.6 Å². The van der Waals surface area contributed by atoms with Crippen LogP contribution in [-0.4, -0.2) is 63.5 Å². The van der Waals surface area contributed by atoms with Gasteiger partial charge in [-0.1, -0.05) is 0 Å². The summed E-state index contributed by atoms with van der Waals surface area (Å²) in [4.78, 5) is 16.5. The van der Waals surface area contributed by atoms with Crippen molar-refractivity contribution in [3.05, 3.63) is 28.3 Å². The normalized spacial score (nSPS) is 27.7. The lowest BCUT2D eigenvalue weighted by molar-refractivity contribution is -0.902. The molecule has 1 aromatic rings. The van der Waals surface area contributed by atoms with Gasteiger partial charge in [0, 0.05) is 30.5 Å². The topological polar surface area (TPSA) is 79.7 Å². The number of rotatable bonds is 4. The van der Waals surface area contributed by atoms with Gasteiger partial charge in [0.25, 0.3) is 5.69 Å². The molecule has 0 atom stereocenters. The molecule has 5 rings (SSSR count). The molecule has 3 N–H and O–H groups in total. The fraction of sp³-hybridized carbons (Fsp3) is 0.611. The molecular weight excluding hydrogens is 332 g/mol. The Kier molecular flexibility index (Phi) is 4.78. The Hall–Kier alpha value is -2.19. The minimum absolute atomic E-state index is 0.0893. The number of hydrogen-bond donors (Lipinski definition) is 3. The molecule has 2 bridgehead atoms. The lowest BCUT2D eigenvalue weighted by Gasteiger charge is -2.36. The summed E-state index contributed by atoms with van der Waals surface area (Å²) in [5.74, 6) is 0.544. The van der Waals surface area contributed by atoms with Crippen LogP contribution < -0.4 is 20.1 Å². The minimum atomic E-state index is -0.331. The number of hydrogen-bond acceptors (Lipinski definition) is 5. The Bertz CT molecular complexity index is 706. The molecule has 0 radical (unpaired) electrons. The first kappa shape index (κ1) is 17.2. The zero-order valence-electron chi connectivity index (χ0n) is 15.3. The van der Waals surface area contributed by atoms with E-state index in [4.69, 9.17) is 0 Å². The molecule has 0 unspecified atom stereocenters. The van der Waals surface area contributed by atoms with E-state index in [2.05, 4.69) is 22.5 Å². The number of nitro benzene ring substituents is 1. The van der Waals surface area contributed by atoms with Crippen LogP contribution in [0.5, 0.6) is 0 Å². The Labute approximate surface area is 153 Å². The number of fused-ring (bicyclic) bond motifs is 3. The molecule has 0 spiro atoms. The Balaban J connectivity index is 1.55. The smallest absolute Gasteiger partial charge is 0.294 e. The zero-order chi connectivity index (χ0) is 18.1. The van der Waals surface area contributed by atoms with E-state index in [1.165, 1.54) is 36.5 Å². The quantitative estimate of drug-likeness (QED) is 0.476. The largest absolute Gasteiger partial charge is 0.360 e. The molecular formula is C18H28N6O2+2. The van der Waals surface area contributed by atoms with Crippen molar-refractivity contribution >= 4 is 22.8 Å². The van der Waals surface area contributed by atoms with E-state index >= 15 is 0 Å². The van der Waals surface area contributed by atoms with Crippen molar-refractivity contribution in [3.63, 3.8) is 0 Å². The van der Waals surface area contributed by atoms with E-state index in [0.717, 1.165) is 38.4 Å². The van der Waals surface area contributed by atoms with Crippen molar-refractivity contribution in [1.29, 1.82) is 0 Å². The van der Waals surface area contributed by atoms with Crippen LogP contribution in [0.2, 0.25) is 0 Å². The number of piperidine rings is 3. The number of likely N-dealkylation sites (N-methyl/N-ethyl adjacent to an activating group) is 1. The monoisotopic (exact) mass is 360 g/mol. The number of hydrazone groups is 1. The fourth-order valence-electron chi connectivity index (χ4n) is 4.32. The molecule has 8 heteroatoms. The molecule has 4 fully saturated rings. The van der Waals surface area contributed by atoms with Gasteiger partial charge in [-0.25, -0.2) is 0 Å². The summed E-state index contributed by atoms with van der Waals surface area (Å²) in [7, 11) is 2.20. The molecule has 4 heterocycles. The third-order valence-corrected chi connectivity index (χ3v) is 6.07. The molecule has 4 aliphatic rings. The Morgan fingerprint density at radius 3 is 2.58 bits per heavy atom. The number of anilines is 2. The zero-order valence-corrected chi connectivity index (χ0v) is 15.3. The maximum Gasteiger partial charge on any atom is 0.294 e. The Morgan fingerprint density at radius 2 is 1.96 bits per heavy atom. The van der Waals surface area contributed by atoms with Gasteiger partial charge in [-0.2, -0.15) is 5.10 Å². The summed E-state index contributed by atoms with van der Waals surface area (Å²) in [6, 6.07) is 5.34. The molecule has 1 aromatic carbocycles. The van der Waals surface area contributed by atoms with Crippen molar-refractivity contribution in [2.24, 2.45) is 11.0 Å². The SMILES string of the molecule is C[NH+]1CCN(c2ccc([N+](=O)[O-])c(N/N=C3/C[NH+]4CCC3CC4)c2)CC1. The predicted molar refractivity (Wildman–Crippen MR) is 101 cm³/mol. The standard InChI is InChI=1S/C18H26N6O2/c1-21-8-10-23(11-9-21)15-2-3-18(24(25)26)16(12-15)19-20-17-13-22-6-4-14(17)5-7-22/h2-3,12,14,19H,4-11,13H2,1H3/p+2/b20-17-. The molecule has 140 valence electrons. The van der Waals surface area contributed by atoms with Gasteiger partial charge in [0.05, 0.1) is 57.0 Å². The number of quaternary nitrogens is 2. The van der Waals surface area contributed by atoms with Crippen LogP contribution >= 0.6 is 0 Å². The Morgan fingerprint density at radius 1 is 1.23 bits per heavy atom. The summed E-state index contributed by atoms with van der Waals surface area (Å²) >= 11 is 0. The van der Waals surface area contributed by atoms with Gasteiger partial charge in [0.1, 0.15) is 12.2 Å². The van der Waals surface area contributed by atoms with Crippen LogP contribution in [-0.2, 0) is 0 Å². The van der Waals surface area contributed by atoms with Crippen LogP contribution in [0.1, 0.15) is 12.8 Å². The molecule has 4 aliphatic heterocycles. The van der Waals surface area contributed by atoms with Gasteiger partial charge in [0.2, 0.25) is 0 Å². The number of nitrogens with zero attached hydrogens (tertiary/aromatic N) is 3. The number of benzene rings is 1. The van der Waals surface area contributed by atoms with Gasteiger partial charge >= 0.3 is 0 Å². The molecule has 4 saturated heterocycles. The number of nitrogens with one attached hydrogen (secondary N) is 3. The third-order valence-electron chi connectivity index (χ3n) is 6.07. The van der Waals surface area contributed by atoms with Crippen LogP contribution in [0, 0.1) is 16.0 Å². The highest BCUT2D eigenvalue weighted by Gasteiger charge is 2.34. The lowest BCUT2D eigenvalue weighted by Crippen LogP contribution is -3.16. The highest BCUT2D eigenvalue weighted by atomic mass is 16.6. The van der Waals surface area contributed by atoms with Gasteiger partial charge in [0.15, 0.2) is 0 Å². The van der Waals surface area contributed by atoms with Crippen LogP contribution in [0.3, 0.4) is 0 Å². The van der Waals surface area contributed by atoms with Gasteiger partial charge in [-0.05, 0) is 12.1 Å². The second-order valence-corrected chi connectivity index (χ2v) is 7.82. The summed E-state index contributed by atoms with van der Waals surface area (Å²) in [6.07, 6.45) is 2.36. The average molecular weight is 360 g/mol. The molecule has 26 heavy (non-hydrogen) atoms. The molecule has 0 aromatic heterocycles. The first-order valence-corrected chi connectivity index (χ1v) is 9.61. The van der Waals surface area contributed by atoms with Crippen LogP contribution in [0.4, 0.5) is 17.1 Å². The van der Waals surface area contributed by atoms with Crippen molar-refractivity contribution in [2.75, 3.05) is 63.2 Å². The second kappa shape index (κ2) is 7.20. The summed E-state index contributed by atoms with van der Waals surface area (Å²) < 4.78 is 0. The van der Waals surface area contributed by atoms with E-state index in [1.807, 2.05) is 12.1 Å². The van der Waals surface area contributed by atoms with Crippen molar-refractivity contribution in [2.45, 2.75) is 12.8 Å². The highest BCUT2D eigenvalue weighted by molar-refractivity contribution is 5.89. The average Bonchev–Trinajstić information content (AvgIpc) is 2.67. The molecule has 8 nitrogen and oxygen atoms in total. The summed E-state index contributed by atoms with van der Waals surface area (Å²) in [6.45, 7) is 7.53. The van der Waals surface area contributed by atoms with E-state index in [0.29, 0.717) is 11.6 Å². The van der Waals surface area contributed by atoms with Crippen LogP contribution in [0.25, 0.3) is 0 Å². The number of piperazine rings is 1. The van der Waals surface area contributed by atoms with Gasteiger partial charge in [-0.3, -0.25) is 15.5 Å². The van der Waals surface area contributed by atoms with Gasteiger partial charge < -0.3 is 14.7 Å². The molecule has 0 aliphatic carbocycles. The van der Waals surface area contributed by atoms with Crippen LogP contribution in [0.15, 0.2) is 23.3 Å². The third kappa shape index (κ3) is 3.52. The lowest BCUT2D eigenvalue weighted by atomic mass is 9.87. The van der Waals surface area contributed by atoms with Crippen molar-refractivity contribution < 1.29 is 14.7 Å². The van der Waals surface area contributed by atoms with E-state index in [9.17, 15) is 10.1 Å². The van der Waals surface area contributed by atoms with Crippen molar-refractivity contribution in [3.8, 4) is 0 Å². The van der Waals surface area contributed by atoms with E-state index < -0.39 is 0 Å². The highest BCUT2D eigenvalue weighted by Crippen LogP contribution is 2.30. The second-order valence-electron chi connectivity index (χ2n) is 7.82. The maximum atomic E-state index is 11.4. The first-order chi connectivity index (χ1) is 12.6. The predicted octanol–water partition coefficient (Wildman–Crippen LogP) is -0.994. The summed E-state index contributed by atoms with van der Waals surface area (Å²) in [5.41, 5.74) is 5.83. The maximum absolute atomic E-state index is 11.4.